The van der Waals surface area contributed by atoms with E-state index in [1.807, 2.05) is 36.4 Å². The van der Waals surface area contributed by atoms with Crippen LogP contribution in [-0.4, -0.2) is 51.7 Å². The predicted molar refractivity (Wildman–Crippen MR) is 112 cm³/mol. The Bertz CT molecular complexity index is 1110. The van der Waals surface area contributed by atoms with Gasteiger partial charge in [0.1, 0.15) is 5.82 Å². The number of aryl methyl sites for hydroxylation is 1. The Balaban J connectivity index is 1.48. The zero-order chi connectivity index (χ0) is 21.1. The molecule has 0 bridgehead atoms. The molecule has 1 aliphatic heterocycles. The summed E-state index contributed by atoms with van der Waals surface area (Å²) in [5.41, 5.74) is 1.64. The van der Waals surface area contributed by atoms with Crippen molar-refractivity contribution >= 4 is 5.91 Å². The van der Waals surface area contributed by atoms with E-state index in [0.29, 0.717) is 44.0 Å². The van der Waals surface area contributed by atoms with Gasteiger partial charge in [-0.05, 0) is 25.1 Å². The number of benzene rings is 2. The van der Waals surface area contributed by atoms with Crippen LogP contribution in [0, 0.1) is 12.7 Å². The average Bonchev–Trinajstić information content (AvgIpc) is 2.76. The molecule has 2 aromatic carbocycles. The van der Waals surface area contributed by atoms with Gasteiger partial charge < -0.3 is 4.90 Å². The molecule has 0 N–H and O–H groups in total. The van der Waals surface area contributed by atoms with E-state index in [1.165, 1.54) is 12.1 Å². The molecule has 0 atom stereocenters. The molecule has 1 fully saturated rings. The summed E-state index contributed by atoms with van der Waals surface area (Å²) in [6.07, 6.45) is 0. The molecule has 4 rings (SSSR count). The van der Waals surface area contributed by atoms with Gasteiger partial charge in [0.2, 0.25) is 5.43 Å². The molecule has 154 valence electrons. The number of nitrogens with zero attached hydrogens (tertiary/aromatic N) is 4. The lowest BCUT2D eigenvalue weighted by molar-refractivity contribution is 0.0618. The fourth-order valence-electron chi connectivity index (χ4n) is 3.65. The minimum Gasteiger partial charge on any atom is -0.335 e. The van der Waals surface area contributed by atoms with Gasteiger partial charge in [0.25, 0.3) is 5.91 Å². The number of hydrogen-bond acceptors (Lipinski definition) is 4. The number of hydrogen-bond donors (Lipinski definition) is 0. The Labute approximate surface area is 174 Å². The first-order valence-corrected chi connectivity index (χ1v) is 9.94. The quantitative estimate of drug-likeness (QED) is 0.669. The third-order valence-electron chi connectivity index (χ3n) is 5.32. The van der Waals surface area contributed by atoms with Crippen molar-refractivity contribution in [3.63, 3.8) is 0 Å². The lowest BCUT2D eigenvalue weighted by Crippen LogP contribution is -2.49. The molecule has 1 aliphatic rings. The van der Waals surface area contributed by atoms with Crippen molar-refractivity contribution in [1.29, 1.82) is 0 Å². The second kappa shape index (κ2) is 8.59. The molecule has 0 spiro atoms. The van der Waals surface area contributed by atoms with Gasteiger partial charge >= 0.3 is 0 Å². The van der Waals surface area contributed by atoms with Gasteiger partial charge in [0, 0.05) is 50.0 Å². The largest absolute Gasteiger partial charge is 0.335 e. The van der Waals surface area contributed by atoms with E-state index in [1.54, 1.807) is 28.6 Å². The first-order chi connectivity index (χ1) is 14.5. The molecule has 7 heteroatoms. The van der Waals surface area contributed by atoms with E-state index in [-0.39, 0.29) is 22.8 Å². The Kier molecular flexibility index (Phi) is 5.72. The van der Waals surface area contributed by atoms with Crippen LogP contribution in [0.15, 0.2) is 65.5 Å². The topological polar surface area (TPSA) is 58.4 Å². The summed E-state index contributed by atoms with van der Waals surface area (Å²) in [5, 5.41) is 4.37. The molecule has 0 radical (unpaired) electrons. The summed E-state index contributed by atoms with van der Waals surface area (Å²) in [7, 11) is 0. The highest BCUT2D eigenvalue weighted by Gasteiger charge is 2.26. The molecule has 0 aliphatic carbocycles. The molecular formula is C23H23FN4O2. The highest BCUT2D eigenvalue weighted by atomic mass is 19.1. The number of halogens is 1. The minimum absolute atomic E-state index is 0.0768. The maximum Gasteiger partial charge on any atom is 0.278 e. The monoisotopic (exact) mass is 406 g/mol. The van der Waals surface area contributed by atoms with Crippen molar-refractivity contribution in [2.75, 3.05) is 26.2 Å². The Morgan fingerprint density at radius 3 is 2.37 bits per heavy atom. The molecule has 6 nitrogen and oxygen atoms in total. The first-order valence-electron chi connectivity index (χ1n) is 9.94. The molecule has 1 amide bonds. The molecule has 0 saturated carbocycles. The van der Waals surface area contributed by atoms with Crippen molar-refractivity contribution in [2.24, 2.45) is 0 Å². The van der Waals surface area contributed by atoms with E-state index in [9.17, 15) is 14.0 Å². The number of rotatable bonds is 4. The van der Waals surface area contributed by atoms with Gasteiger partial charge in [-0.15, -0.1) is 0 Å². The lowest BCUT2D eigenvalue weighted by Gasteiger charge is -2.34. The Hall–Kier alpha value is -3.32. The number of para-hydroxylation sites is 1. The van der Waals surface area contributed by atoms with Crippen LogP contribution in [0.2, 0.25) is 0 Å². The van der Waals surface area contributed by atoms with E-state index in [2.05, 4.69) is 10.00 Å². The fraction of sp³-hybridized carbons (Fsp3) is 0.261. The molecule has 30 heavy (non-hydrogen) atoms. The Morgan fingerprint density at radius 1 is 1.00 bits per heavy atom. The van der Waals surface area contributed by atoms with E-state index in [4.69, 9.17) is 0 Å². The van der Waals surface area contributed by atoms with E-state index >= 15 is 0 Å². The maximum atomic E-state index is 13.9. The number of aromatic nitrogens is 2. The Morgan fingerprint density at radius 2 is 1.67 bits per heavy atom. The molecule has 0 unspecified atom stereocenters. The van der Waals surface area contributed by atoms with Crippen LogP contribution in [0.3, 0.4) is 0 Å². The highest BCUT2D eigenvalue weighted by molar-refractivity contribution is 5.92. The molecule has 1 aromatic heterocycles. The lowest BCUT2D eigenvalue weighted by atomic mass is 10.2. The normalized spacial score (nSPS) is 14.7. The van der Waals surface area contributed by atoms with Gasteiger partial charge in [-0.3, -0.25) is 14.5 Å². The smallest absolute Gasteiger partial charge is 0.278 e. The summed E-state index contributed by atoms with van der Waals surface area (Å²) in [4.78, 5) is 29.2. The summed E-state index contributed by atoms with van der Waals surface area (Å²) in [5.74, 6) is -0.587. The zero-order valence-corrected chi connectivity index (χ0v) is 16.8. The SMILES string of the molecule is Cc1cc(=O)c(C(=O)N2CCN(Cc3ccccc3F)CC2)nn1-c1ccccc1. The van der Waals surface area contributed by atoms with Gasteiger partial charge in [-0.1, -0.05) is 36.4 Å². The summed E-state index contributed by atoms with van der Waals surface area (Å²) in [6.45, 7) is 4.44. The molecule has 2 heterocycles. The zero-order valence-electron chi connectivity index (χ0n) is 16.8. The number of carbonyl (C=O) groups excluding carboxylic acids is 1. The van der Waals surface area contributed by atoms with Crippen LogP contribution < -0.4 is 5.43 Å². The third-order valence-corrected chi connectivity index (χ3v) is 5.32. The van der Waals surface area contributed by atoms with Crippen LogP contribution in [0.5, 0.6) is 0 Å². The standard InChI is InChI=1S/C23H23FN4O2/c1-17-15-21(29)22(25-28(17)19-8-3-2-4-9-19)23(30)27-13-11-26(12-14-27)16-18-7-5-6-10-20(18)24/h2-10,15H,11-14,16H2,1H3. The summed E-state index contributed by atoms with van der Waals surface area (Å²) < 4.78 is 15.5. The van der Waals surface area contributed by atoms with Crippen LogP contribution in [0.1, 0.15) is 21.7 Å². The van der Waals surface area contributed by atoms with Crippen molar-refractivity contribution in [3.8, 4) is 5.69 Å². The number of amides is 1. The maximum absolute atomic E-state index is 13.9. The van der Waals surface area contributed by atoms with Crippen LogP contribution in [0.4, 0.5) is 4.39 Å². The van der Waals surface area contributed by atoms with Gasteiger partial charge in [-0.2, -0.15) is 5.10 Å². The number of piperazine rings is 1. The first kappa shape index (κ1) is 20.0. The van der Waals surface area contributed by atoms with Crippen LogP contribution >= 0.6 is 0 Å². The fourth-order valence-corrected chi connectivity index (χ4v) is 3.65. The third kappa shape index (κ3) is 4.16. The predicted octanol–water partition coefficient (Wildman–Crippen LogP) is 2.64. The summed E-state index contributed by atoms with van der Waals surface area (Å²) >= 11 is 0. The molecular weight excluding hydrogens is 383 g/mol. The summed E-state index contributed by atoms with van der Waals surface area (Å²) in [6, 6.07) is 17.6. The van der Waals surface area contributed by atoms with Crippen LogP contribution in [0.25, 0.3) is 5.69 Å². The van der Waals surface area contributed by atoms with Gasteiger partial charge in [-0.25, -0.2) is 9.07 Å². The van der Waals surface area contributed by atoms with Crippen molar-refractivity contribution in [1.82, 2.24) is 19.6 Å². The van der Waals surface area contributed by atoms with Crippen LogP contribution in [-0.2, 0) is 6.54 Å². The van der Waals surface area contributed by atoms with E-state index in [0.717, 1.165) is 5.69 Å². The molecule has 1 saturated heterocycles. The van der Waals surface area contributed by atoms with Gasteiger partial charge in [0.05, 0.1) is 5.69 Å². The average molecular weight is 406 g/mol. The second-order valence-electron chi connectivity index (χ2n) is 7.41. The highest BCUT2D eigenvalue weighted by Crippen LogP contribution is 2.14. The van der Waals surface area contributed by atoms with Gasteiger partial charge in [0.15, 0.2) is 5.69 Å². The van der Waals surface area contributed by atoms with E-state index < -0.39 is 0 Å². The minimum atomic E-state index is -0.376. The second-order valence-corrected chi connectivity index (χ2v) is 7.41. The molecule has 3 aromatic rings. The van der Waals surface area contributed by atoms with Crippen molar-refractivity contribution in [3.05, 3.63) is 93.7 Å². The van der Waals surface area contributed by atoms with Crippen molar-refractivity contribution in [2.45, 2.75) is 13.5 Å². The number of carbonyl (C=O) groups is 1. The van der Waals surface area contributed by atoms with Crippen molar-refractivity contribution < 1.29 is 9.18 Å².